The Bertz CT molecular complexity index is 676. The molecule has 0 unspecified atom stereocenters. The summed E-state index contributed by atoms with van der Waals surface area (Å²) in [4.78, 5) is 9.26. The predicted octanol–water partition coefficient (Wildman–Crippen LogP) is 3.20. The van der Waals surface area contributed by atoms with Crippen molar-refractivity contribution >= 4 is 33.1 Å². The van der Waals surface area contributed by atoms with Crippen LogP contribution in [-0.2, 0) is 0 Å². The van der Waals surface area contributed by atoms with Gasteiger partial charge in [0, 0.05) is 16.0 Å². The molecule has 0 amide bonds. The monoisotopic (exact) mass is 322 g/mol. The van der Waals surface area contributed by atoms with Gasteiger partial charge in [-0.25, -0.2) is 4.98 Å². The average molecular weight is 323 g/mol. The SMILES string of the molecule is Nc1ccc(-c2nc(-c3cc(Br)cs3)no2)cn1. The first-order chi connectivity index (χ1) is 8.72. The van der Waals surface area contributed by atoms with E-state index in [0.717, 1.165) is 14.9 Å². The van der Waals surface area contributed by atoms with Crippen LogP contribution >= 0.6 is 27.3 Å². The number of nitrogen functional groups attached to an aromatic ring is 1. The Hall–Kier alpha value is -1.73. The lowest BCUT2D eigenvalue weighted by Crippen LogP contribution is -1.88. The van der Waals surface area contributed by atoms with Gasteiger partial charge in [-0.1, -0.05) is 5.16 Å². The third kappa shape index (κ3) is 2.14. The lowest BCUT2D eigenvalue weighted by Gasteiger charge is -1.93. The number of anilines is 1. The zero-order chi connectivity index (χ0) is 12.5. The molecular weight excluding hydrogens is 316 g/mol. The standard InChI is InChI=1S/C11H7BrN4OS/c12-7-3-8(18-5-7)10-15-11(17-16-10)6-1-2-9(13)14-4-6/h1-5H,(H2,13,14). The molecule has 0 aliphatic rings. The van der Waals surface area contributed by atoms with Crippen LogP contribution in [0.25, 0.3) is 22.2 Å². The van der Waals surface area contributed by atoms with Crippen molar-refractivity contribution in [2.45, 2.75) is 0 Å². The van der Waals surface area contributed by atoms with Crippen LogP contribution in [0.3, 0.4) is 0 Å². The summed E-state index contributed by atoms with van der Waals surface area (Å²) in [5.74, 6) is 1.46. The number of aromatic nitrogens is 3. The van der Waals surface area contributed by atoms with Gasteiger partial charge in [0.05, 0.1) is 10.4 Å². The fraction of sp³-hybridized carbons (Fsp3) is 0. The van der Waals surface area contributed by atoms with Crippen molar-refractivity contribution < 1.29 is 4.52 Å². The fourth-order valence-electron chi connectivity index (χ4n) is 1.40. The van der Waals surface area contributed by atoms with Crippen molar-refractivity contribution in [1.29, 1.82) is 0 Å². The third-order valence-electron chi connectivity index (χ3n) is 2.25. The molecule has 0 saturated heterocycles. The molecule has 7 heteroatoms. The quantitative estimate of drug-likeness (QED) is 0.783. The first kappa shape index (κ1) is 11.4. The number of hydrogen-bond donors (Lipinski definition) is 1. The van der Waals surface area contributed by atoms with Crippen LogP contribution in [0.4, 0.5) is 5.82 Å². The zero-order valence-electron chi connectivity index (χ0n) is 9.00. The van der Waals surface area contributed by atoms with E-state index in [0.29, 0.717) is 17.5 Å². The molecule has 0 spiro atoms. The number of halogens is 1. The zero-order valence-corrected chi connectivity index (χ0v) is 11.4. The molecule has 0 bridgehead atoms. The Morgan fingerprint density at radius 1 is 1.33 bits per heavy atom. The fourth-order valence-corrected chi connectivity index (χ4v) is 2.75. The Balaban J connectivity index is 1.96. The summed E-state index contributed by atoms with van der Waals surface area (Å²) in [6, 6.07) is 5.44. The van der Waals surface area contributed by atoms with Crippen LogP contribution in [0.1, 0.15) is 0 Å². The summed E-state index contributed by atoms with van der Waals surface area (Å²) in [5.41, 5.74) is 6.27. The van der Waals surface area contributed by atoms with Gasteiger partial charge >= 0.3 is 0 Å². The molecule has 0 aliphatic heterocycles. The molecule has 3 aromatic heterocycles. The van der Waals surface area contributed by atoms with Gasteiger partial charge in [-0.15, -0.1) is 11.3 Å². The number of nitrogens with zero attached hydrogens (tertiary/aromatic N) is 3. The summed E-state index contributed by atoms with van der Waals surface area (Å²) in [6.45, 7) is 0. The van der Waals surface area contributed by atoms with E-state index in [9.17, 15) is 0 Å². The Kier molecular flexibility index (Phi) is 2.85. The Morgan fingerprint density at radius 2 is 2.22 bits per heavy atom. The first-order valence-corrected chi connectivity index (χ1v) is 6.69. The highest BCUT2D eigenvalue weighted by Crippen LogP contribution is 2.29. The van der Waals surface area contributed by atoms with Crippen molar-refractivity contribution in [3.63, 3.8) is 0 Å². The van der Waals surface area contributed by atoms with Crippen LogP contribution in [0.15, 0.2) is 38.8 Å². The molecule has 3 rings (SSSR count). The van der Waals surface area contributed by atoms with Crippen LogP contribution in [0.2, 0.25) is 0 Å². The van der Waals surface area contributed by atoms with E-state index in [2.05, 4.69) is 31.1 Å². The van der Waals surface area contributed by atoms with Crippen LogP contribution in [-0.4, -0.2) is 15.1 Å². The highest BCUT2D eigenvalue weighted by atomic mass is 79.9. The number of hydrogen-bond acceptors (Lipinski definition) is 6. The first-order valence-electron chi connectivity index (χ1n) is 5.02. The second kappa shape index (κ2) is 4.51. The number of rotatable bonds is 2. The van der Waals surface area contributed by atoms with Crippen molar-refractivity contribution in [1.82, 2.24) is 15.1 Å². The van der Waals surface area contributed by atoms with Gasteiger partial charge in [0.2, 0.25) is 5.82 Å². The normalized spacial score (nSPS) is 10.7. The number of pyridine rings is 1. The molecule has 90 valence electrons. The topological polar surface area (TPSA) is 77.8 Å². The van der Waals surface area contributed by atoms with E-state index >= 15 is 0 Å². The maximum Gasteiger partial charge on any atom is 0.259 e. The highest BCUT2D eigenvalue weighted by Gasteiger charge is 2.12. The maximum atomic E-state index is 5.52. The van der Waals surface area contributed by atoms with Gasteiger partial charge in [-0.3, -0.25) is 0 Å². The largest absolute Gasteiger partial charge is 0.384 e. The predicted molar refractivity (Wildman–Crippen MR) is 73.0 cm³/mol. The molecule has 0 fully saturated rings. The molecule has 0 saturated carbocycles. The third-order valence-corrected chi connectivity index (χ3v) is 3.93. The van der Waals surface area contributed by atoms with Crippen molar-refractivity contribution in [2.75, 3.05) is 5.73 Å². The van der Waals surface area contributed by atoms with Crippen molar-refractivity contribution in [3.8, 4) is 22.2 Å². The molecule has 0 aromatic carbocycles. The highest BCUT2D eigenvalue weighted by molar-refractivity contribution is 9.10. The van der Waals surface area contributed by atoms with Crippen LogP contribution in [0.5, 0.6) is 0 Å². The minimum absolute atomic E-state index is 0.432. The van der Waals surface area contributed by atoms with E-state index in [1.54, 1.807) is 29.7 Å². The van der Waals surface area contributed by atoms with E-state index in [1.165, 1.54) is 0 Å². The minimum atomic E-state index is 0.432. The Labute approximate surface area is 115 Å². The van der Waals surface area contributed by atoms with E-state index in [-0.39, 0.29) is 0 Å². The van der Waals surface area contributed by atoms with E-state index in [4.69, 9.17) is 10.3 Å². The smallest absolute Gasteiger partial charge is 0.259 e. The molecule has 18 heavy (non-hydrogen) atoms. The van der Waals surface area contributed by atoms with E-state index in [1.807, 2.05) is 11.4 Å². The summed E-state index contributed by atoms with van der Waals surface area (Å²) in [7, 11) is 0. The summed E-state index contributed by atoms with van der Waals surface area (Å²) in [5, 5.41) is 5.91. The second-order valence-corrected chi connectivity index (χ2v) is 5.35. The van der Waals surface area contributed by atoms with Gasteiger partial charge in [0.15, 0.2) is 0 Å². The minimum Gasteiger partial charge on any atom is -0.384 e. The summed E-state index contributed by atoms with van der Waals surface area (Å²) in [6.07, 6.45) is 1.61. The molecule has 2 N–H and O–H groups in total. The van der Waals surface area contributed by atoms with Crippen LogP contribution in [0, 0.1) is 0 Å². The number of thiophene rings is 1. The van der Waals surface area contributed by atoms with Gasteiger partial charge in [0.25, 0.3) is 5.89 Å². The Morgan fingerprint density at radius 3 is 2.89 bits per heavy atom. The summed E-state index contributed by atoms with van der Waals surface area (Å²) >= 11 is 4.94. The molecule has 3 heterocycles. The van der Waals surface area contributed by atoms with Gasteiger partial charge < -0.3 is 10.3 Å². The van der Waals surface area contributed by atoms with Crippen LogP contribution < -0.4 is 5.73 Å². The van der Waals surface area contributed by atoms with Gasteiger partial charge in [0.1, 0.15) is 5.82 Å². The maximum absolute atomic E-state index is 5.52. The van der Waals surface area contributed by atoms with Gasteiger partial charge in [-0.2, -0.15) is 4.98 Å². The molecule has 0 aliphatic carbocycles. The van der Waals surface area contributed by atoms with Gasteiger partial charge in [-0.05, 0) is 34.1 Å². The lowest BCUT2D eigenvalue weighted by atomic mass is 10.3. The van der Waals surface area contributed by atoms with Crippen molar-refractivity contribution in [3.05, 3.63) is 34.2 Å². The second-order valence-electron chi connectivity index (χ2n) is 3.52. The molecular formula is C11H7BrN4OS. The van der Waals surface area contributed by atoms with Crippen molar-refractivity contribution in [2.24, 2.45) is 0 Å². The molecule has 0 radical (unpaired) electrons. The van der Waals surface area contributed by atoms with E-state index < -0.39 is 0 Å². The number of nitrogens with two attached hydrogens (primary N) is 1. The average Bonchev–Trinajstić information content (AvgIpc) is 2.98. The molecule has 5 nitrogen and oxygen atoms in total. The molecule has 0 atom stereocenters. The molecule has 3 aromatic rings. The lowest BCUT2D eigenvalue weighted by molar-refractivity contribution is 0.432. The summed E-state index contributed by atoms with van der Waals surface area (Å²) < 4.78 is 6.21.